The summed E-state index contributed by atoms with van der Waals surface area (Å²) in [5.41, 5.74) is 2.14. The average molecular weight is 266 g/mol. The molecule has 0 aromatic heterocycles. The van der Waals surface area contributed by atoms with Crippen molar-refractivity contribution in [2.75, 3.05) is 0 Å². The molecule has 1 aromatic carbocycles. The molecule has 0 saturated carbocycles. The molecule has 0 radical (unpaired) electrons. The van der Waals surface area contributed by atoms with Crippen LogP contribution in [0, 0.1) is 0 Å². The zero-order chi connectivity index (χ0) is 13.8. The van der Waals surface area contributed by atoms with Crippen LogP contribution in [0.3, 0.4) is 0 Å². The van der Waals surface area contributed by atoms with Crippen LogP contribution < -0.4 is 0 Å². The maximum absolute atomic E-state index is 4.66. The third-order valence-corrected chi connectivity index (χ3v) is 3.40. The molecule has 0 saturated heterocycles. The average Bonchev–Trinajstić information content (AvgIpc) is 2.93. The fourth-order valence-corrected chi connectivity index (χ4v) is 2.31. The Bertz CT molecular complexity index is 645. The second kappa shape index (κ2) is 5.82. The first-order chi connectivity index (χ1) is 9.86. The quantitative estimate of drug-likeness (QED) is 0.712. The number of unbranched alkanes of at least 4 members (excludes halogenated alkanes) is 1. The van der Waals surface area contributed by atoms with Gasteiger partial charge in [-0.15, -0.1) is 0 Å². The number of imidazole rings is 1. The summed E-state index contributed by atoms with van der Waals surface area (Å²) >= 11 is 0. The van der Waals surface area contributed by atoms with E-state index in [0.29, 0.717) is 0 Å². The number of aromatic nitrogens is 4. The molecule has 2 aliphatic rings. The molecule has 3 rings (SSSR count). The second-order valence-corrected chi connectivity index (χ2v) is 4.96. The van der Waals surface area contributed by atoms with Crippen molar-refractivity contribution in [3.8, 4) is 11.5 Å². The van der Waals surface area contributed by atoms with Crippen LogP contribution in [-0.4, -0.2) is 19.5 Å². The minimum absolute atomic E-state index is 0.750. The number of fused-ring (bicyclic) bond motifs is 1. The lowest BCUT2D eigenvalue weighted by atomic mass is 10.2. The van der Waals surface area contributed by atoms with Crippen molar-refractivity contribution in [3.05, 3.63) is 54.2 Å². The van der Waals surface area contributed by atoms with Gasteiger partial charge < -0.3 is 4.57 Å². The summed E-state index contributed by atoms with van der Waals surface area (Å²) in [5, 5.41) is 0. The lowest BCUT2D eigenvalue weighted by molar-refractivity contribution is 0.652. The van der Waals surface area contributed by atoms with Crippen molar-refractivity contribution < 1.29 is 0 Å². The van der Waals surface area contributed by atoms with Gasteiger partial charge in [0.15, 0.2) is 5.82 Å². The molecule has 0 N–H and O–H groups in total. The molecule has 0 unspecified atom stereocenters. The Morgan fingerprint density at radius 1 is 1.10 bits per heavy atom. The largest absolute Gasteiger partial charge is 0.330 e. The van der Waals surface area contributed by atoms with Crippen molar-refractivity contribution in [3.63, 3.8) is 0 Å². The van der Waals surface area contributed by atoms with Gasteiger partial charge >= 0.3 is 0 Å². The van der Waals surface area contributed by atoms with Crippen molar-refractivity contribution in [1.29, 1.82) is 0 Å². The molecular weight excluding hydrogens is 248 g/mol. The molecule has 0 fully saturated rings. The molecule has 0 amide bonds. The smallest absolute Gasteiger partial charge is 0.182 e. The van der Waals surface area contributed by atoms with E-state index in [1.54, 1.807) is 6.33 Å². The summed E-state index contributed by atoms with van der Waals surface area (Å²) in [6.45, 7) is 3.03. The van der Waals surface area contributed by atoms with E-state index in [1.165, 1.54) is 5.56 Å². The summed E-state index contributed by atoms with van der Waals surface area (Å²) in [6, 6.07) is 10.4. The van der Waals surface area contributed by atoms with E-state index in [2.05, 4.69) is 56.9 Å². The summed E-state index contributed by atoms with van der Waals surface area (Å²) in [4.78, 5) is 13.1. The van der Waals surface area contributed by atoms with Gasteiger partial charge in [-0.1, -0.05) is 43.7 Å². The Morgan fingerprint density at radius 2 is 1.95 bits per heavy atom. The molecule has 0 atom stereocenters. The van der Waals surface area contributed by atoms with Gasteiger partial charge in [-0.05, 0) is 12.0 Å². The molecule has 0 bridgehead atoms. The number of hydrogen-bond donors (Lipinski definition) is 0. The summed E-state index contributed by atoms with van der Waals surface area (Å²) < 4.78 is 2.20. The predicted octanol–water partition coefficient (Wildman–Crippen LogP) is 3.17. The number of benzene rings is 1. The number of nitrogens with zero attached hydrogens (tertiary/aromatic N) is 4. The van der Waals surface area contributed by atoms with Gasteiger partial charge in [-0.3, -0.25) is 0 Å². The lowest BCUT2D eigenvalue weighted by Crippen LogP contribution is -2.11. The van der Waals surface area contributed by atoms with Crippen LogP contribution >= 0.6 is 0 Å². The fraction of sp³-hybridized carbons (Fsp3) is 0.312. The minimum atomic E-state index is 0.750. The Hall–Kier alpha value is -2.23. The third kappa shape index (κ3) is 2.69. The zero-order valence-electron chi connectivity index (χ0n) is 11.7. The normalized spacial score (nSPS) is 11.1. The Morgan fingerprint density at radius 3 is 2.75 bits per heavy atom. The van der Waals surface area contributed by atoms with Crippen LogP contribution in [0.25, 0.3) is 11.5 Å². The van der Waals surface area contributed by atoms with Crippen LogP contribution in [0.4, 0.5) is 0 Å². The number of hydrogen-bond acceptors (Lipinski definition) is 3. The molecule has 4 nitrogen and oxygen atoms in total. The standard InChI is InChI=1S/C16H18N4/c1-2-3-9-15-19-16-14(17-12-18-16)11-20(15)10-13-7-5-4-6-8-13/h4-8,11-12H,2-3,9-10H2,1H3. The van der Waals surface area contributed by atoms with E-state index in [9.17, 15) is 0 Å². The van der Waals surface area contributed by atoms with Gasteiger partial charge in [0.1, 0.15) is 17.8 Å². The van der Waals surface area contributed by atoms with E-state index in [0.717, 1.165) is 43.1 Å². The lowest BCUT2D eigenvalue weighted by Gasteiger charge is -2.14. The molecule has 0 aliphatic carbocycles. The maximum Gasteiger partial charge on any atom is 0.182 e. The maximum atomic E-state index is 4.66. The minimum Gasteiger partial charge on any atom is -0.330 e. The first kappa shape index (κ1) is 12.8. The highest BCUT2D eigenvalue weighted by Crippen LogP contribution is 2.17. The first-order valence-corrected chi connectivity index (χ1v) is 7.07. The van der Waals surface area contributed by atoms with Gasteiger partial charge in [0.25, 0.3) is 0 Å². The Labute approximate surface area is 118 Å². The fourth-order valence-electron chi connectivity index (χ4n) is 2.31. The van der Waals surface area contributed by atoms with Crippen LogP contribution in [0.2, 0.25) is 0 Å². The summed E-state index contributed by atoms with van der Waals surface area (Å²) in [7, 11) is 0. The van der Waals surface area contributed by atoms with E-state index in [4.69, 9.17) is 0 Å². The van der Waals surface area contributed by atoms with Crippen molar-refractivity contribution in [2.24, 2.45) is 0 Å². The molecule has 20 heavy (non-hydrogen) atoms. The highest BCUT2D eigenvalue weighted by atomic mass is 15.1. The molecule has 2 heterocycles. The highest BCUT2D eigenvalue weighted by Gasteiger charge is 2.12. The summed E-state index contributed by atoms with van der Waals surface area (Å²) in [6.07, 6.45) is 6.92. The van der Waals surface area contributed by atoms with Crippen molar-refractivity contribution in [2.45, 2.75) is 32.7 Å². The topological polar surface area (TPSA) is 43.6 Å². The third-order valence-electron chi connectivity index (χ3n) is 3.40. The Balaban J connectivity index is 1.96. The molecule has 102 valence electrons. The zero-order valence-corrected chi connectivity index (χ0v) is 11.7. The molecule has 0 spiro atoms. The van der Waals surface area contributed by atoms with Gasteiger partial charge in [0, 0.05) is 19.2 Å². The molecule has 1 aromatic rings. The number of aryl methyl sites for hydroxylation is 1. The van der Waals surface area contributed by atoms with Crippen LogP contribution in [-0.2, 0) is 13.0 Å². The first-order valence-electron chi connectivity index (χ1n) is 7.07. The molecule has 4 heteroatoms. The van der Waals surface area contributed by atoms with E-state index in [-0.39, 0.29) is 0 Å². The summed E-state index contributed by atoms with van der Waals surface area (Å²) in [5.74, 6) is 1.84. The number of rotatable bonds is 5. The van der Waals surface area contributed by atoms with E-state index < -0.39 is 0 Å². The molecule has 2 aliphatic heterocycles. The second-order valence-electron chi connectivity index (χ2n) is 4.96. The molecular formula is C16H18N4. The van der Waals surface area contributed by atoms with Gasteiger partial charge in [0.2, 0.25) is 0 Å². The highest BCUT2D eigenvalue weighted by molar-refractivity contribution is 5.48. The van der Waals surface area contributed by atoms with Crippen LogP contribution in [0.5, 0.6) is 0 Å². The van der Waals surface area contributed by atoms with Crippen LogP contribution in [0.15, 0.2) is 42.9 Å². The van der Waals surface area contributed by atoms with Crippen LogP contribution in [0.1, 0.15) is 31.2 Å². The van der Waals surface area contributed by atoms with E-state index in [1.807, 2.05) is 6.07 Å². The monoisotopic (exact) mass is 266 g/mol. The predicted molar refractivity (Wildman–Crippen MR) is 78.6 cm³/mol. The van der Waals surface area contributed by atoms with Gasteiger partial charge in [-0.2, -0.15) is 0 Å². The van der Waals surface area contributed by atoms with E-state index >= 15 is 0 Å². The Kier molecular flexibility index (Phi) is 3.72. The van der Waals surface area contributed by atoms with Gasteiger partial charge in [0.05, 0.1) is 0 Å². The SMILES string of the molecule is CCCCc1nc2ncnc-2cn1Cc1ccccc1. The van der Waals surface area contributed by atoms with Crippen molar-refractivity contribution in [1.82, 2.24) is 19.5 Å². The van der Waals surface area contributed by atoms with Gasteiger partial charge in [-0.25, -0.2) is 15.0 Å². The van der Waals surface area contributed by atoms with Crippen molar-refractivity contribution >= 4 is 0 Å².